The molecular weight excluding hydrogens is 208 g/mol. The molecule has 2 N–H and O–H groups in total. The van der Waals surface area contributed by atoms with Crippen molar-refractivity contribution >= 4 is 27.0 Å². The summed E-state index contributed by atoms with van der Waals surface area (Å²) in [6.07, 6.45) is 1.59. The second-order valence-corrected chi connectivity index (χ2v) is 3.08. The van der Waals surface area contributed by atoms with E-state index < -0.39 is 0 Å². The molecule has 3 nitrogen and oxygen atoms in total. The summed E-state index contributed by atoms with van der Waals surface area (Å²) < 4.78 is 0.675. The summed E-state index contributed by atoms with van der Waals surface area (Å²) in [5, 5.41) is 9.23. The third kappa shape index (κ3) is 0.991. The Bertz CT molecular complexity index is 360. The van der Waals surface area contributed by atoms with Gasteiger partial charge in [-0.1, -0.05) is 0 Å². The second-order valence-electron chi connectivity index (χ2n) is 2.22. The van der Waals surface area contributed by atoms with Crippen LogP contribution in [-0.2, 0) is 0 Å². The number of nitrogens with one attached hydrogen (secondary N) is 1. The van der Waals surface area contributed by atoms with Crippen molar-refractivity contribution in [1.29, 1.82) is 0 Å². The molecule has 11 heavy (non-hydrogen) atoms. The molecule has 1 aromatic heterocycles. The first-order chi connectivity index (χ1) is 5.27. The van der Waals surface area contributed by atoms with Gasteiger partial charge in [0.25, 0.3) is 0 Å². The molecule has 0 aliphatic rings. The molecule has 0 atom stereocenters. The number of hydrogen-bond acceptors (Lipinski definition) is 2. The highest BCUT2D eigenvalue weighted by Crippen LogP contribution is 2.27. The van der Waals surface area contributed by atoms with Crippen LogP contribution in [-0.4, -0.2) is 15.1 Å². The van der Waals surface area contributed by atoms with E-state index in [-0.39, 0.29) is 5.75 Å². The SMILES string of the molecule is Oc1cc2nc[nH]c2cc1Br. The Hall–Kier alpha value is -1.03. The van der Waals surface area contributed by atoms with Gasteiger partial charge < -0.3 is 10.1 Å². The van der Waals surface area contributed by atoms with Crippen LogP contribution in [0.2, 0.25) is 0 Å². The molecule has 56 valence electrons. The van der Waals surface area contributed by atoms with Crippen LogP contribution in [0.1, 0.15) is 0 Å². The summed E-state index contributed by atoms with van der Waals surface area (Å²) in [5.74, 6) is 0.213. The number of aromatic amines is 1. The number of phenols is 1. The van der Waals surface area contributed by atoms with E-state index in [1.54, 1.807) is 18.5 Å². The van der Waals surface area contributed by atoms with Gasteiger partial charge in [0.05, 0.1) is 21.8 Å². The van der Waals surface area contributed by atoms with Gasteiger partial charge >= 0.3 is 0 Å². The Kier molecular flexibility index (Phi) is 1.35. The van der Waals surface area contributed by atoms with E-state index in [0.29, 0.717) is 4.47 Å². The third-order valence-corrected chi connectivity index (χ3v) is 2.12. The van der Waals surface area contributed by atoms with Gasteiger partial charge in [-0.15, -0.1) is 0 Å². The van der Waals surface area contributed by atoms with Crippen LogP contribution in [0.25, 0.3) is 11.0 Å². The van der Waals surface area contributed by atoms with Gasteiger partial charge in [0.2, 0.25) is 0 Å². The maximum atomic E-state index is 9.23. The van der Waals surface area contributed by atoms with Crippen LogP contribution in [0.5, 0.6) is 5.75 Å². The molecule has 2 aromatic rings. The number of aromatic nitrogens is 2. The van der Waals surface area contributed by atoms with Crippen LogP contribution in [0.4, 0.5) is 0 Å². The zero-order chi connectivity index (χ0) is 7.84. The van der Waals surface area contributed by atoms with Gasteiger partial charge in [0, 0.05) is 6.07 Å². The number of nitrogens with zero attached hydrogens (tertiary/aromatic N) is 1. The fourth-order valence-electron chi connectivity index (χ4n) is 0.945. The van der Waals surface area contributed by atoms with Crippen molar-refractivity contribution in [1.82, 2.24) is 9.97 Å². The Morgan fingerprint density at radius 2 is 2.27 bits per heavy atom. The van der Waals surface area contributed by atoms with Gasteiger partial charge in [0.15, 0.2) is 0 Å². The molecule has 0 saturated heterocycles. The largest absolute Gasteiger partial charge is 0.507 e. The summed E-state index contributed by atoms with van der Waals surface area (Å²) >= 11 is 3.20. The van der Waals surface area contributed by atoms with Crippen LogP contribution in [0.3, 0.4) is 0 Å². The zero-order valence-electron chi connectivity index (χ0n) is 5.50. The molecule has 0 fully saturated rings. The maximum absolute atomic E-state index is 9.23. The average Bonchev–Trinajstić information content (AvgIpc) is 2.36. The molecule has 0 radical (unpaired) electrons. The Labute approximate surface area is 71.2 Å². The summed E-state index contributed by atoms with van der Waals surface area (Å²) in [6, 6.07) is 3.40. The summed E-state index contributed by atoms with van der Waals surface area (Å²) in [4.78, 5) is 6.92. The lowest BCUT2D eigenvalue weighted by Crippen LogP contribution is -1.71. The number of imidazole rings is 1. The average molecular weight is 213 g/mol. The van der Waals surface area contributed by atoms with E-state index in [1.807, 2.05) is 0 Å². The number of H-pyrrole nitrogens is 1. The maximum Gasteiger partial charge on any atom is 0.132 e. The topological polar surface area (TPSA) is 48.9 Å². The van der Waals surface area contributed by atoms with E-state index in [9.17, 15) is 5.11 Å². The van der Waals surface area contributed by atoms with Gasteiger partial charge in [-0.05, 0) is 22.0 Å². The van der Waals surface area contributed by atoms with Gasteiger partial charge in [-0.3, -0.25) is 0 Å². The van der Waals surface area contributed by atoms with Gasteiger partial charge in [-0.25, -0.2) is 4.98 Å². The molecular formula is C7H5BrN2O. The van der Waals surface area contributed by atoms with Gasteiger partial charge in [0.1, 0.15) is 5.75 Å². The van der Waals surface area contributed by atoms with Crippen molar-refractivity contribution in [2.75, 3.05) is 0 Å². The van der Waals surface area contributed by atoms with Crippen molar-refractivity contribution in [3.05, 3.63) is 22.9 Å². The highest BCUT2D eigenvalue weighted by Gasteiger charge is 2.01. The molecule has 0 spiro atoms. The lowest BCUT2D eigenvalue weighted by molar-refractivity contribution is 0.472. The molecule has 0 aliphatic carbocycles. The molecule has 1 heterocycles. The molecule has 1 aromatic carbocycles. The number of rotatable bonds is 0. The standard InChI is InChI=1S/C7H5BrN2O/c8-4-1-5-6(2-7(4)11)10-3-9-5/h1-3,11H,(H,9,10). The molecule has 0 bridgehead atoms. The molecule has 0 saturated carbocycles. The van der Waals surface area contributed by atoms with Crippen LogP contribution >= 0.6 is 15.9 Å². The Balaban J connectivity index is 2.86. The Morgan fingerprint density at radius 3 is 3.09 bits per heavy atom. The minimum absolute atomic E-state index is 0.213. The second kappa shape index (κ2) is 2.23. The number of phenolic OH excluding ortho intramolecular Hbond substituents is 1. The third-order valence-electron chi connectivity index (χ3n) is 1.49. The normalized spacial score (nSPS) is 10.6. The van der Waals surface area contributed by atoms with Crippen LogP contribution in [0, 0.1) is 0 Å². The molecule has 0 aliphatic heterocycles. The molecule has 4 heteroatoms. The smallest absolute Gasteiger partial charge is 0.132 e. The van der Waals surface area contributed by atoms with Crippen LogP contribution < -0.4 is 0 Å². The van der Waals surface area contributed by atoms with E-state index in [1.165, 1.54) is 0 Å². The minimum Gasteiger partial charge on any atom is -0.507 e. The van der Waals surface area contributed by atoms with Crippen molar-refractivity contribution in [3.63, 3.8) is 0 Å². The zero-order valence-corrected chi connectivity index (χ0v) is 7.09. The number of aromatic hydroxyl groups is 1. The fraction of sp³-hybridized carbons (Fsp3) is 0. The van der Waals surface area contributed by atoms with E-state index >= 15 is 0 Å². The first-order valence-electron chi connectivity index (χ1n) is 3.09. The number of fused-ring (bicyclic) bond motifs is 1. The summed E-state index contributed by atoms with van der Waals surface area (Å²) in [7, 11) is 0. The van der Waals surface area contributed by atoms with E-state index in [4.69, 9.17) is 0 Å². The Morgan fingerprint density at radius 1 is 1.45 bits per heavy atom. The van der Waals surface area contributed by atoms with Crippen LogP contribution in [0.15, 0.2) is 22.9 Å². The highest BCUT2D eigenvalue weighted by atomic mass is 79.9. The predicted octanol–water partition coefficient (Wildman–Crippen LogP) is 2.03. The van der Waals surface area contributed by atoms with Crippen molar-refractivity contribution < 1.29 is 5.11 Å². The van der Waals surface area contributed by atoms with Crippen molar-refractivity contribution in [3.8, 4) is 5.75 Å². The molecule has 0 unspecified atom stereocenters. The van der Waals surface area contributed by atoms with Crippen molar-refractivity contribution in [2.24, 2.45) is 0 Å². The lowest BCUT2D eigenvalue weighted by Gasteiger charge is -1.94. The first kappa shape index (κ1) is 6.67. The predicted molar refractivity (Wildman–Crippen MR) is 45.5 cm³/mol. The number of hydrogen-bond donors (Lipinski definition) is 2. The number of benzene rings is 1. The first-order valence-corrected chi connectivity index (χ1v) is 3.88. The quantitative estimate of drug-likeness (QED) is 0.703. The van der Waals surface area contributed by atoms with E-state index in [0.717, 1.165) is 11.0 Å². The molecule has 0 amide bonds. The lowest BCUT2D eigenvalue weighted by atomic mass is 10.3. The number of halogens is 1. The summed E-state index contributed by atoms with van der Waals surface area (Å²) in [5.41, 5.74) is 1.68. The van der Waals surface area contributed by atoms with E-state index in [2.05, 4.69) is 25.9 Å². The fourth-order valence-corrected chi connectivity index (χ4v) is 1.29. The molecule has 2 rings (SSSR count). The van der Waals surface area contributed by atoms with Gasteiger partial charge in [-0.2, -0.15) is 0 Å². The summed E-state index contributed by atoms with van der Waals surface area (Å²) in [6.45, 7) is 0. The highest BCUT2D eigenvalue weighted by molar-refractivity contribution is 9.10. The minimum atomic E-state index is 0.213. The van der Waals surface area contributed by atoms with Crippen molar-refractivity contribution in [2.45, 2.75) is 0 Å². The monoisotopic (exact) mass is 212 g/mol.